The van der Waals surface area contributed by atoms with Gasteiger partial charge >= 0.3 is 7.12 Å². The fourth-order valence-electron chi connectivity index (χ4n) is 4.65. The molecule has 0 radical (unpaired) electrons. The van der Waals surface area contributed by atoms with Crippen LogP contribution in [0.2, 0.25) is 0 Å². The van der Waals surface area contributed by atoms with Crippen LogP contribution in [-0.2, 0) is 9.31 Å². The molecular formula is C28H30BN3O4. The quantitative estimate of drug-likeness (QED) is 0.240. The molecule has 8 heteroatoms. The average Bonchev–Trinajstić information content (AvgIpc) is 3.07. The zero-order chi connectivity index (χ0) is 25.7. The molecule has 36 heavy (non-hydrogen) atoms. The number of anilines is 1. The molecular weight excluding hydrogens is 453 g/mol. The maximum Gasteiger partial charge on any atom is 0.495 e. The summed E-state index contributed by atoms with van der Waals surface area (Å²) in [5.41, 5.74) is 5.77. The number of rotatable bonds is 6. The van der Waals surface area contributed by atoms with Crippen LogP contribution < -0.4 is 10.9 Å². The fourth-order valence-corrected chi connectivity index (χ4v) is 4.65. The minimum absolute atomic E-state index is 0.253. The highest BCUT2D eigenvalue weighted by molar-refractivity contribution is 6.63. The van der Waals surface area contributed by atoms with Gasteiger partial charge in [0, 0.05) is 28.4 Å². The molecule has 2 amide bonds. The third-order valence-electron chi connectivity index (χ3n) is 7.33. The molecule has 0 saturated carbocycles. The maximum absolute atomic E-state index is 13.0. The lowest BCUT2D eigenvalue weighted by atomic mass is 9.76. The second kappa shape index (κ2) is 8.87. The standard InChI is InChI=1S/C28H30BN3O4/c1-6-16-32-25(33)20-12-9-11-19-23(15-14-21(24(19)20)26(32)34)31-30-17-18-10-7-8-13-22(18)29-35-27(2,3)28(4,5)36-29/h7-15,17,31H,6,16H2,1-5H3/b30-17+. The van der Waals surface area contributed by atoms with E-state index in [-0.39, 0.29) is 11.8 Å². The number of nitrogens with zero attached hydrogens (tertiary/aromatic N) is 2. The summed E-state index contributed by atoms with van der Waals surface area (Å²) in [6.45, 7) is 10.5. The van der Waals surface area contributed by atoms with Gasteiger partial charge in [-0.1, -0.05) is 43.3 Å². The fraction of sp³-hybridized carbons (Fsp3) is 0.321. The molecule has 2 heterocycles. The Morgan fingerprint density at radius 1 is 0.917 bits per heavy atom. The van der Waals surface area contributed by atoms with Gasteiger partial charge in [-0.2, -0.15) is 5.10 Å². The molecule has 0 unspecified atom stereocenters. The number of hydrogen-bond acceptors (Lipinski definition) is 6. The Kier molecular flexibility index (Phi) is 5.97. The molecule has 2 aliphatic rings. The van der Waals surface area contributed by atoms with Gasteiger partial charge < -0.3 is 9.31 Å². The van der Waals surface area contributed by atoms with E-state index < -0.39 is 18.3 Å². The maximum atomic E-state index is 13.0. The molecule has 0 atom stereocenters. The highest BCUT2D eigenvalue weighted by Gasteiger charge is 2.52. The van der Waals surface area contributed by atoms with E-state index in [1.807, 2.05) is 77.1 Å². The van der Waals surface area contributed by atoms with Gasteiger partial charge in [0.05, 0.1) is 23.1 Å². The van der Waals surface area contributed by atoms with Crippen molar-refractivity contribution in [3.63, 3.8) is 0 Å². The number of hydrogen-bond donors (Lipinski definition) is 1. The first-order valence-corrected chi connectivity index (χ1v) is 12.3. The van der Waals surface area contributed by atoms with E-state index in [4.69, 9.17) is 9.31 Å². The Hall–Kier alpha value is -3.49. The average molecular weight is 483 g/mol. The normalized spacial score (nSPS) is 18.5. The van der Waals surface area contributed by atoms with E-state index in [0.29, 0.717) is 35.2 Å². The van der Waals surface area contributed by atoms with E-state index in [1.54, 1.807) is 18.3 Å². The largest absolute Gasteiger partial charge is 0.495 e. The number of amides is 2. The molecule has 184 valence electrons. The van der Waals surface area contributed by atoms with E-state index in [0.717, 1.165) is 16.4 Å². The van der Waals surface area contributed by atoms with Crippen LogP contribution in [0.3, 0.4) is 0 Å². The van der Waals surface area contributed by atoms with Crippen LogP contribution in [0.5, 0.6) is 0 Å². The summed E-state index contributed by atoms with van der Waals surface area (Å²) in [4.78, 5) is 27.3. The predicted octanol–water partition coefficient (Wildman–Crippen LogP) is 4.59. The number of carbonyl (C=O) groups excluding carboxylic acids is 2. The van der Waals surface area contributed by atoms with Crippen LogP contribution >= 0.6 is 0 Å². The Balaban J connectivity index is 1.45. The zero-order valence-corrected chi connectivity index (χ0v) is 21.3. The van der Waals surface area contributed by atoms with Gasteiger partial charge in [0.15, 0.2) is 0 Å². The van der Waals surface area contributed by atoms with Crippen LogP contribution in [-0.4, -0.2) is 47.8 Å². The number of hydrazone groups is 1. The first-order valence-electron chi connectivity index (χ1n) is 12.3. The van der Waals surface area contributed by atoms with E-state index in [1.165, 1.54) is 4.90 Å². The van der Waals surface area contributed by atoms with Gasteiger partial charge in [-0.3, -0.25) is 19.9 Å². The SMILES string of the molecule is CCCN1C(=O)c2cccc3c(N/N=C/c4ccccc4B4OC(C)(C)C(C)(C)O4)ccc(c23)C1=O. The molecule has 0 bridgehead atoms. The second-order valence-corrected chi connectivity index (χ2v) is 10.2. The Morgan fingerprint density at radius 3 is 2.28 bits per heavy atom. The van der Waals surface area contributed by atoms with Gasteiger partial charge in [0.2, 0.25) is 0 Å². The van der Waals surface area contributed by atoms with Gasteiger partial charge in [0.1, 0.15) is 0 Å². The first kappa shape index (κ1) is 24.2. The molecule has 0 aliphatic carbocycles. The van der Waals surface area contributed by atoms with Crippen molar-refractivity contribution in [1.29, 1.82) is 0 Å². The monoisotopic (exact) mass is 483 g/mol. The first-order chi connectivity index (χ1) is 17.1. The lowest BCUT2D eigenvalue weighted by molar-refractivity contribution is 0.00578. The van der Waals surface area contributed by atoms with Gasteiger partial charge in [0.25, 0.3) is 11.8 Å². The Labute approximate surface area is 211 Å². The molecule has 1 saturated heterocycles. The highest BCUT2D eigenvalue weighted by atomic mass is 16.7. The van der Waals surface area contributed by atoms with Gasteiger partial charge in [-0.05, 0) is 63.3 Å². The van der Waals surface area contributed by atoms with Crippen molar-refractivity contribution in [1.82, 2.24) is 4.90 Å². The summed E-state index contributed by atoms with van der Waals surface area (Å²) in [5, 5.41) is 5.93. The Morgan fingerprint density at radius 2 is 1.58 bits per heavy atom. The predicted molar refractivity (Wildman–Crippen MR) is 143 cm³/mol. The van der Waals surface area contributed by atoms with Gasteiger partial charge in [-0.15, -0.1) is 0 Å². The summed E-state index contributed by atoms with van der Waals surface area (Å²) >= 11 is 0. The minimum Gasteiger partial charge on any atom is -0.399 e. The highest BCUT2D eigenvalue weighted by Crippen LogP contribution is 2.37. The summed E-state index contributed by atoms with van der Waals surface area (Å²) in [7, 11) is -0.499. The molecule has 1 N–H and O–H groups in total. The lowest BCUT2D eigenvalue weighted by Gasteiger charge is -2.32. The summed E-state index contributed by atoms with van der Waals surface area (Å²) < 4.78 is 12.5. The van der Waals surface area contributed by atoms with Crippen molar-refractivity contribution in [2.24, 2.45) is 5.10 Å². The molecule has 3 aromatic rings. The van der Waals surface area contributed by atoms with Crippen LogP contribution in [0.15, 0.2) is 59.7 Å². The van der Waals surface area contributed by atoms with Crippen molar-refractivity contribution >= 4 is 47.1 Å². The third kappa shape index (κ3) is 3.90. The third-order valence-corrected chi connectivity index (χ3v) is 7.33. The number of benzene rings is 3. The summed E-state index contributed by atoms with van der Waals surface area (Å²) in [6.07, 6.45) is 2.44. The zero-order valence-electron chi connectivity index (χ0n) is 21.3. The van der Waals surface area contributed by atoms with Crippen molar-refractivity contribution in [3.05, 3.63) is 71.3 Å². The molecule has 1 fully saturated rings. The second-order valence-electron chi connectivity index (χ2n) is 10.2. The number of imide groups is 1. The number of carbonyl (C=O) groups is 2. The van der Waals surface area contributed by atoms with Crippen LogP contribution in [0, 0.1) is 0 Å². The smallest absolute Gasteiger partial charge is 0.399 e. The minimum atomic E-state index is -0.499. The Bertz CT molecular complexity index is 1360. The van der Waals surface area contributed by atoms with E-state index >= 15 is 0 Å². The molecule has 2 aliphatic heterocycles. The van der Waals surface area contributed by atoms with Crippen LogP contribution in [0.1, 0.15) is 67.3 Å². The van der Waals surface area contributed by atoms with Crippen molar-refractivity contribution in [3.8, 4) is 0 Å². The molecule has 0 spiro atoms. The van der Waals surface area contributed by atoms with E-state index in [9.17, 15) is 9.59 Å². The summed E-state index contributed by atoms with van der Waals surface area (Å²) in [6, 6.07) is 16.9. The number of nitrogens with one attached hydrogen (secondary N) is 1. The van der Waals surface area contributed by atoms with E-state index in [2.05, 4.69) is 10.5 Å². The molecule has 5 rings (SSSR count). The topological polar surface area (TPSA) is 80.2 Å². The molecule has 3 aromatic carbocycles. The lowest BCUT2D eigenvalue weighted by Crippen LogP contribution is -2.41. The summed E-state index contributed by atoms with van der Waals surface area (Å²) in [5.74, 6) is -0.506. The van der Waals surface area contributed by atoms with Crippen molar-refractivity contribution < 1.29 is 18.9 Å². The van der Waals surface area contributed by atoms with Crippen molar-refractivity contribution in [2.75, 3.05) is 12.0 Å². The molecule has 0 aromatic heterocycles. The molecule has 7 nitrogen and oxygen atoms in total. The van der Waals surface area contributed by atoms with Gasteiger partial charge in [-0.25, -0.2) is 0 Å². The van der Waals surface area contributed by atoms with Crippen LogP contribution in [0.25, 0.3) is 10.8 Å². The van der Waals surface area contributed by atoms with Crippen molar-refractivity contribution in [2.45, 2.75) is 52.2 Å². The van der Waals surface area contributed by atoms with Crippen LogP contribution in [0.4, 0.5) is 5.69 Å².